The number of amides is 3. The largest absolute Gasteiger partial charge is 0.483 e. The van der Waals surface area contributed by atoms with Gasteiger partial charge < -0.3 is 10.1 Å². The summed E-state index contributed by atoms with van der Waals surface area (Å²) in [5.74, 6) is -1.54. The molecule has 0 saturated heterocycles. The smallest absolute Gasteiger partial charge is 0.422 e. The van der Waals surface area contributed by atoms with Crippen molar-refractivity contribution >= 4 is 34.2 Å². The molecule has 0 bridgehead atoms. The molecular formula is C25H18F3N3O4. The summed E-state index contributed by atoms with van der Waals surface area (Å²) in [5.41, 5.74) is 0.902. The zero-order valence-corrected chi connectivity index (χ0v) is 18.2. The quantitative estimate of drug-likeness (QED) is 0.495. The molecule has 0 unspecified atom stereocenters. The second kappa shape index (κ2) is 9.46. The van der Waals surface area contributed by atoms with E-state index in [1.807, 2.05) is 12.1 Å². The topological polar surface area (TPSA) is 99.5 Å². The highest BCUT2D eigenvalue weighted by atomic mass is 19.4. The first-order valence-corrected chi connectivity index (χ1v) is 10.6. The first-order chi connectivity index (χ1) is 16.7. The Labute approximate surface area is 197 Å². The SMILES string of the molecule is N#Cc1cc(NC(=O)CCCN2C(=O)c3cccc4cccc(c34)C2=O)ccc1OCC(F)(F)F. The van der Waals surface area contributed by atoms with E-state index in [4.69, 9.17) is 0 Å². The molecule has 0 saturated carbocycles. The van der Waals surface area contributed by atoms with E-state index in [0.717, 1.165) is 10.3 Å². The van der Waals surface area contributed by atoms with Crippen LogP contribution < -0.4 is 10.1 Å². The third-order valence-corrected chi connectivity index (χ3v) is 5.42. The lowest BCUT2D eigenvalue weighted by Crippen LogP contribution is -2.41. The highest BCUT2D eigenvalue weighted by molar-refractivity contribution is 6.25. The van der Waals surface area contributed by atoms with Gasteiger partial charge in [-0.2, -0.15) is 18.4 Å². The minimum atomic E-state index is -4.55. The molecule has 3 aromatic rings. The summed E-state index contributed by atoms with van der Waals surface area (Å²) in [4.78, 5) is 39.2. The van der Waals surface area contributed by atoms with Crippen LogP contribution in [0.1, 0.15) is 39.1 Å². The van der Waals surface area contributed by atoms with Crippen LogP contribution in [0.3, 0.4) is 0 Å². The maximum Gasteiger partial charge on any atom is 0.422 e. The van der Waals surface area contributed by atoms with Gasteiger partial charge >= 0.3 is 6.18 Å². The van der Waals surface area contributed by atoms with Crippen LogP contribution >= 0.6 is 0 Å². The Morgan fingerprint density at radius 2 is 1.69 bits per heavy atom. The van der Waals surface area contributed by atoms with E-state index >= 15 is 0 Å². The van der Waals surface area contributed by atoms with Crippen LogP contribution in [0, 0.1) is 11.3 Å². The zero-order valence-electron chi connectivity index (χ0n) is 18.2. The van der Waals surface area contributed by atoms with Crippen molar-refractivity contribution in [2.24, 2.45) is 0 Å². The van der Waals surface area contributed by atoms with Crippen molar-refractivity contribution in [3.8, 4) is 11.8 Å². The Kier molecular flexibility index (Phi) is 6.42. The minimum absolute atomic E-state index is 0.0306. The van der Waals surface area contributed by atoms with Crippen molar-refractivity contribution in [2.45, 2.75) is 19.0 Å². The molecule has 7 nitrogen and oxygen atoms in total. The van der Waals surface area contributed by atoms with Gasteiger partial charge in [0.1, 0.15) is 11.8 Å². The molecular weight excluding hydrogens is 463 g/mol. The lowest BCUT2D eigenvalue weighted by molar-refractivity contribution is -0.153. The maximum atomic E-state index is 12.9. The third-order valence-electron chi connectivity index (χ3n) is 5.42. The van der Waals surface area contributed by atoms with Crippen LogP contribution in [0.4, 0.5) is 18.9 Å². The fourth-order valence-electron chi connectivity index (χ4n) is 3.89. The fourth-order valence-corrected chi connectivity index (χ4v) is 3.89. The molecule has 4 rings (SSSR count). The van der Waals surface area contributed by atoms with Crippen LogP contribution in [0.15, 0.2) is 54.6 Å². The van der Waals surface area contributed by atoms with Gasteiger partial charge in [0.25, 0.3) is 11.8 Å². The zero-order chi connectivity index (χ0) is 25.2. The molecule has 0 atom stereocenters. The Bertz CT molecular complexity index is 1330. The molecule has 3 amide bonds. The number of halogens is 3. The predicted octanol–water partition coefficient (Wildman–Crippen LogP) is 4.67. The number of nitriles is 1. The summed E-state index contributed by atoms with van der Waals surface area (Å²) in [7, 11) is 0. The molecule has 178 valence electrons. The number of carbonyl (C=O) groups is 3. The lowest BCUT2D eigenvalue weighted by atomic mass is 9.94. The van der Waals surface area contributed by atoms with Crippen LogP contribution in [0.2, 0.25) is 0 Å². The summed E-state index contributed by atoms with van der Waals surface area (Å²) in [6, 6.07) is 15.9. The minimum Gasteiger partial charge on any atom is -0.483 e. The Hall–Kier alpha value is -4.39. The summed E-state index contributed by atoms with van der Waals surface area (Å²) < 4.78 is 41.7. The number of hydrogen-bond acceptors (Lipinski definition) is 5. The molecule has 0 spiro atoms. The van der Waals surface area contributed by atoms with Crippen LogP contribution in [0.25, 0.3) is 10.8 Å². The van der Waals surface area contributed by atoms with Gasteiger partial charge in [0, 0.05) is 35.2 Å². The van der Waals surface area contributed by atoms with Gasteiger partial charge in [-0.15, -0.1) is 0 Å². The van der Waals surface area contributed by atoms with Gasteiger partial charge in [0.2, 0.25) is 5.91 Å². The number of nitrogens with zero attached hydrogens (tertiary/aromatic N) is 2. The molecule has 1 aliphatic rings. The summed E-state index contributed by atoms with van der Waals surface area (Å²) in [5, 5.41) is 13.1. The Morgan fingerprint density at radius 1 is 1.03 bits per heavy atom. The molecule has 1 N–H and O–H groups in total. The summed E-state index contributed by atoms with van der Waals surface area (Å²) in [6.45, 7) is -1.51. The van der Waals surface area contributed by atoms with Crippen molar-refractivity contribution in [1.82, 2.24) is 4.90 Å². The lowest BCUT2D eigenvalue weighted by Gasteiger charge is -2.27. The number of ether oxygens (including phenoxy) is 1. The number of anilines is 1. The van der Waals surface area contributed by atoms with Crippen LogP contribution in [-0.2, 0) is 4.79 Å². The number of hydrogen-bond donors (Lipinski definition) is 1. The van der Waals surface area contributed by atoms with Gasteiger partial charge in [0.05, 0.1) is 5.56 Å². The predicted molar refractivity (Wildman–Crippen MR) is 120 cm³/mol. The first-order valence-electron chi connectivity index (χ1n) is 10.6. The molecule has 1 aliphatic heterocycles. The molecule has 3 aromatic carbocycles. The maximum absolute atomic E-state index is 12.9. The molecule has 0 radical (unpaired) electrons. The fraction of sp³-hybridized carbons (Fsp3) is 0.200. The van der Waals surface area contributed by atoms with E-state index < -0.39 is 30.5 Å². The number of benzene rings is 3. The van der Waals surface area contributed by atoms with Crippen molar-refractivity contribution in [2.75, 3.05) is 18.5 Å². The van der Waals surface area contributed by atoms with E-state index in [1.54, 1.807) is 30.3 Å². The molecule has 0 aromatic heterocycles. The van der Waals surface area contributed by atoms with E-state index in [1.165, 1.54) is 18.2 Å². The van der Waals surface area contributed by atoms with Gasteiger partial charge in [-0.05, 0) is 42.1 Å². The number of alkyl halides is 3. The average molecular weight is 481 g/mol. The average Bonchev–Trinajstić information content (AvgIpc) is 2.83. The highest BCUT2D eigenvalue weighted by Gasteiger charge is 2.32. The summed E-state index contributed by atoms with van der Waals surface area (Å²) in [6.07, 6.45) is -4.39. The Balaban J connectivity index is 1.36. The van der Waals surface area contributed by atoms with Crippen LogP contribution in [0.5, 0.6) is 5.75 Å². The van der Waals surface area contributed by atoms with E-state index in [2.05, 4.69) is 10.1 Å². The highest BCUT2D eigenvalue weighted by Crippen LogP contribution is 2.30. The van der Waals surface area contributed by atoms with Gasteiger partial charge in [-0.1, -0.05) is 24.3 Å². The normalized spacial score (nSPS) is 13.0. The van der Waals surface area contributed by atoms with Crippen molar-refractivity contribution in [1.29, 1.82) is 5.26 Å². The Morgan fingerprint density at radius 3 is 2.29 bits per heavy atom. The van der Waals surface area contributed by atoms with E-state index in [0.29, 0.717) is 16.5 Å². The third kappa shape index (κ3) is 5.09. The van der Waals surface area contributed by atoms with E-state index in [9.17, 15) is 32.8 Å². The van der Waals surface area contributed by atoms with Gasteiger partial charge in [0.15, 0.2) is 6.61 Å². The molecule has 0 aliphatic carbocycles. The number of rotatable bonds is 7. The molecule has 10 heteroatoms. The monoisotopic (exact) mass is 481 g/mol. The van der Waals surface area contributed by atoms with E-state index in [-0.39, 0.29) is 36.4 Å². The number of carbonyl (C=O) groups excluding carboxylic acids is 3. The molecule has 35 heavy (non-hydrogen) atoms. The van der Waals surface area contributed by atoms with Crippen LogP contribution in [-0.4, -0.2) is 41.9 Å². The standard InChI is InChI=1S/C25H18F3N3O4/c26-25(27,28)14-35-20-10-9-17(12-16(20)13-29)30-21(32)8-3-11-31-23(33)18-6-1-4-15-5-2-7-19(22(15)18)24(31)34/h1-2,4-7,9-10,12H,3,8,11,14H2,(H,30,32). The number of nitrogens with one attached hydrogen (secondary N) is 1. The first kappa shape index (κ1) is 23.8. The van der Waals surface area contributed by atoms with Gasteiger partial charge in [-0.25, -0.2) is 0 Å². The molecule has 0 fully saturated rings. The number of imide groups is 1. The molecule has 1 heterocycles. The van der Waals surface area contributed by atoms with Gasteiger partial charge in [-0.3, -0.25) is 19.3 Å². The van der Waals surface area contributed by atoms with Crippen molar-refractivity contribution in [3.05, 3.63) is 71.3 Å². The summed E-state index contributed by atoms with van der Waals surface area (Å²) >= 11 is 0. The van der Waals surface area contributed by atoms with Crippen molar-refractivity contribution in [3.63, 3.8) is 0 Å². The second-order valence-corrected chi connectivity index (χ2v) is 7.85. The second-order valence-electron chi connectivity index (χ2n) is 7.85. The van der Waals surface area contributed by atoms with Crippen molar-refractivity contribution < 1.29 is 32.3 Å².